The summed E-state index contributed by atoms with van der Waals surface area (Å²) in [6.45, 7) is 2.94. The molecule has 29 heavy (non-hydrogen) atoms. The first kappa shape index (κ1) is 20.5. The zero-order valence-electron chi connectivity index (χ0n) is 17.0. The van der Waals surface area contributed by atoms with Gasteiger partial charge in [-0.2, -0.15) is 0 Å². The maximum Gasteiger partial charge on any atom is 0.143 e. The minimum absolute atomic E-state index is 0.126. The average molecular weight is 411 g/mol. The molecule has 2 fully saturated rings. The average Bonchev–Trinajstić information content (AvgIpc) is 2.75. The highest BCUT2D eigenvalue weighted by atomic mass is 35.5. The van der Waals surface area contributed by atoms with Gasteiger partial charge in [0.05, 0.1) is 11.1 Å². The standard InChI is InChI=1S/C26H28ClFO/c1-2-29-24-13-12-22-16-21(10-11-23(22)17-24)20-8-5-18(6-9-20)3-4-19-7-14-25(27)26(28)15-19/h5-9,14-15,21-24H,2,10-13,16-17H2,1H3. The Hall–Kier alpha value is -1.82. The molecule has 0 aliphatic heterocycles. The van der Waals surface area contributed by atoms with Crippen molar-refractivity contribution in [2.24, 2.45) is 11.8 Å². The maximum absolute atomic E-state index is 13.5. The fourth-order valence-electron chi connectivity index (χ4n) is 5.09. The summed E-state index contributed by atoms with van der Waals surface area (Å²) in [5, 5.41) is 0.126. The van der Waals surface area contributed by atoms with Crippen molar-refractivity contribution in [3.8, 4) is 11.8 Å². The summed E-state index contributed by atoms with van der Waals surface area (Å²) in [4.78, 5) is 0. The molecular formula is C26H28ClFO. The zero-order chi connectivity index (χ0) is 20.2. The minimum Gasteiger partial charge on any atom is -0.378 e. The summed E-state index contributed by atoms with van der Waals surface area (Å²) in [5.74, 6) is 8.07. The van der Waals surface area contributed by atoms with Crippen LogP contribution in [0.3, 0.4) is 0 Å². The number of rotatable bonds is 3. The van der Waals surface area contributed by atoms with Crippen molar-refractivity contribution in [3.05, 3.63) is 70.0 Å². The summed E-state index contributed by atoms with van der Waals surface area (Å²) in [7, 11) is 0. The van der Waals surface area contributed by atoms with E-state index >= 15 is 0 Å². The lowest BCUT2D eigenvalue weighted by molar-refractivity contribution is -0.00955. The van der Waals surface area contributed by atoms with E-state index in [1.807, 2.05) is 0 Å². The van der Waals surface area contributed by atoms with E-state index in [2.05, 4.69) is 43.0 Å². The van der Waals surface area contributed by atoms with Crippen molar-refractivity contribution in [1.82, 2.24) is 0 Å². The molecule has 0 saturated heterocycles. The molecule has 4 rings (SSSR count). The molecule has 3 heteroatoms. The summed E-state index contributed by atoms with van der Waals surface area (Å²) in [5.41, 5.74) is 3.02. The largest absolute Gasteiger partial charge is 0.378 e. The molecule has 2 saturated carbocycles. The number of halogens is 2. The fourth-order valence-corrected chi connectivity index (χ4v) is 5.21. The van der Waals surface area contributed by atoms with E-state index in [0.29, 0.717) is 17.6 Å². The van der Waals surface area contributed by atoms with Crippen molar-refractivity contribution >= 4 is 11.6 Å². The first-order valence-corrected chi connectivity index (χ1v) is 11.2. The lowest BCUT2D eigenvalue weighted by atomic mass is 9.65. The van der Waals surface area contributed by atoms with Crippen LogP contribution in [0.1, 0.15) is 68.1 Å². The fraction of sp³-hybridized carbons (Fsp3) is 0.462. The Labute approximate surface area is 178 Å². The molecule has 1 nitrogen and oxygen atoms in total. The van der Waals surface area contributed by atoms with Crippen LogP contribution in [0.2, 0.25) is 5.02 Å². The normalized spacial score (nSPS) is 26.3. The highest BCUT2D eigenvalue weighted by Gasteiger charge is 2.36. The Balaban J connectivity index is 1.38. The van der Waals surface area contributed by atoms with Crippen molar-refractivity contribution in [1.29, 1.82) is 0 Å². The van der Waals surface area contributed by atoms with Gasteiger partial charge in [-0.15, -0.1) is 0 Å². The van der Waals surface area contributed by atoms with Crippen LogP contribution >= 0.6 is 11.6 Å². The van der Waals surface area contributed by atoms with Gasteiger partial charge in [-0.1, -0.05) is 35.6 Å². The molecule has 4 unspecified atom stereocenters. The van der Waals surface area contributed by atoms with Crippen LogP contribution in [-0.2, 0) is 4.74 Å². The highest BCUT2D eigenvalue weighted by Crippen LogP contribution is 2.46. The number of benzene rings is 2. The van der Waals surface area contributed by atoms with Gasteiger partial charge in [-0.25, -0.2) is 4.39 Å². The van der Waals surface area contributed by atoms with Gasteiger partial charge in [-0.05, 0) is 99.1 Å². The minimum atomic E-state index is -0.431. The lowest BCUT2D eigenvalue weighted by Gasteiger charge is -2.42. The van der Waals surface area contributed by atoms with Gasteiger partial charge < -0.3 is 4.74 Å². The van der Waals surface area contributed by atoms with Crippen LogP contribution in [0, 0.1) is 29.5 Å². The van der Waals surface area contributed by atoms with Gasteiger partial charge in [-0.3, -0.25) is 0 Å². The Kier molecular flexibility index (Phi) is 6.58. The van der Waals surface area contributed by atoms with E-state index in [9.17, 15) is 4.39 Å². The Morgan fingerprint density at radius 1 is 0.931 bits per heavy atom. The number of ether oxygens (including phenoxy) is 1. The van der Waals surface area contributed by atoms with Crippen molar-refractivity contribution in [2.75, 3.05) is 6.61 Å². The van der Waals surface area contributed by atoms with Crippen LogP contribution in [0.4, 0.5) is 4.39 Å². The molecule has 0 aromatic heterocycles. The summed E-state index contributed by atoms with van der Waals surface area (Å²) in [6.07, 6.45) is 8.18. The Morgan fingerprint density at radius 2 is 1.62 bits per heavy atom. The first-order valence-electron chi connectivity index (χ1n) is 10.8. The van der Waals surface area contributed by atoms with E-state index in [1.54, 1.807) is 12.1 Å². The van der Waals surface area contributed by atoms with Crippen molar-refractivity contribution in [3.63, 3.8) is 0 Å². The number of hydrogen-bond acceptors (Lipinski definition) is 1. The van der Waals surface area contributed by atoms with Crippen LogP contribution < -0.4 is 0 Å². The van der Waals surface area contributed by atoms with Gasteiger partial charge in [0.2, 0.25) is 0 Å². The molecule has 2 aliphatic rings. The maximum atomic E-state index is 13.5. The van der Waals surface area contributed by atoms with E-state index < -0.39 is 5.82 Å². The quantitative estimate of drug-likeness (QED) is 0.496. The second kappa shape index (κ2) is 9.33. The molecule has 152 valence electrons. The molecule has 0 radical (unpaired) electrons. The smallest absolute Gasteiger partial charge is 0.143 e. The third-order valence-electron chi connectivity index (χ3n) is 6.62. The second-order valence-electron chi connectivity index (χ2n) is 8.42. The van der Waals surface area contributed by atoms with E-state index in [-0.39, 0.29) is 5.02 Å². The van der Waals surface area contributed by atoms with E-state index in [4.69, 9.17) is 16.3 Å². The third kappa shape index (κ3) is 5.03. The molecule has 4 atom stereocenters. The molecule has 0 bridgehead atoms. The molecule has 2 aromatic rings. The van der Waals surface area contributed by atoms with Gasteiger partial charge in [0, 0.05) is 17.7 Å². The summed E-state index contributed by atoms with van der Waals surface area (Å²) in [6, 6.07) is 13.3. The predicted molar refractivity (Wildman–Crippen MR) is 117 cm³/mol. The molecule has 2 aromatic carbocycles. The summed E-state index contributed by atoms with van der Waals surface area (Å²) >= 11 is 5.72. The molecule has 0 amide bonds. The van der Waals surface area contributed by atoms with Crippen LogP contribution in [-0.4, -0.2) is 12.7 Å². The van der Waals surface area contributed by atoms with Gasteiger partial charge in [0.15, 0.2) is 0 Å². The van der Waals surface area contributed by atoms with Crippen LogP contribution in [0.15, 0.2) is 42.5 Å². The van der Waals surface area contributed by atoms with Gasteiger partial charge >= 0.3 is 0 Å². The predicted octanol–water partition coefficient (Wildman–Crippen LogP) is 6.97. The van der Waals surface area contributed by atoms with Crippen LogP contribution in [0.5, 0.6) is 0 Å². The molecule has 0 N–H and O–H groups in total. The number of hydrogen-bond donors (Lipinski definition) is 0. The highest BCUT2D eigenvalue weighted by molar-refractivity contribution is 6.30. The van der Waals surface area contributed by atoms with Gasteiger partial charge in [0.25, 0.3) is 0 Å². The molecular weight excluding hydrogens is 383 g/mol. The Bertz CT molecular complexity index is 895. The van der Waals surface area contributed by atoms with E-state index in [1.165, 1.54) is 50.2 Å². The third-order valence-corrected chi connectivity index (χ3v) is 6.93. The molecule has 2 aliphatic carbocycles. The topological polar surface area (TPSA) is 9.23 Å². The first-order chi connectivity index (χ1) is 14.1. The van der Waals surface area contributed by atoms with Crippen molar-refractivity contribution < 1.29 is 9.13 Å². The monoisotopic (exact) mass is 410 g/mol. The van der Waals surface area contributed by atoms with Gasteiger partial charge in [0.1, 0.15) is 5.82 Å². The SMILES string of the molecule is CCOC1CCC2CC(c3ccc(C#Cc4ccc(Cl)c(F)c4)cc3)CCC2C1. The summed E-state index contributed by atoms with van der Waals surface area (Å²) < 4.78 is 19.4. The zero-order valence-corrected chi connectivity index (χ0v) is 17.7. The van der Waals surface area contributed by atoms with E-state index in [0.717, 1.165) is 24.0 Å². The number of fused-ring (bicyclic) bond motifs is 1. The second-order valence-corrected chi connectivity index (χ2v) is 8.83. The molecule has 0 heterocycles. The Morgan fingerprint density at radius 3 is 2.38 bits per heavy atom. The lowest BCUT2D eigenvalue weighted by Crippen LogP contribution is -2.33. The van der Waals surface area contributed by atoms with Crippen LogP contribution in [0.25, 0.3) is 0 Å². The molecule has 0 spiro atoms. The van der Waals surface area contributed by atoms with Crippen molar-refractivity contribution in [2.45, 2.75) is 57.5 Å².